The van der Waals surface area contributed by atoms with E-state index < -0.39 is 0 Å². The SMILES string of the molecule is O=C(Cc1c[nH]c2ccccc12)Nc1ccc(Nc2cccnc2)c(-c2ccc(Cl)c(Cl)c2)c1. The van der Waals surface area contributed by atoms with Crippen LogP contribution in [0.5, 0.6) is 0 Å². The van der Waals surface area contributed by atoms with Crippen LogP contribution in [0.15, 0.2) is 91.4 Å². The van der Waals surface area contributed by atoms with Crippen molar-refractivity contribution in [1.29, 1.82) is 0 Å². The van der Waals surface area contributed by atoms with Crippen LogP contribution in [0.3, 0.4) is 0 Å². The third kappa shape index (κ3) is 4.76. The number of hydrogen-bond acceptors (Lipinski definition) is 3. The van der Waals surface area contributed by atoms with Gasteiger partial charge in [-0.05, 0) is 59.7 Å². The fourth-order valence-electron chi connectivity index (χ4n) is 3.88. The Morgan fingerprint density at radius 3 is 2.62 bits per heavy atom. The summed E-state index contributed by atoms with van der Waals surface area (Å²) >= 11 is 12.4. The lowest BCUT2D eigenvalue weighted by Gasteiger charge is -2.15. The summed E-state index contributed by atoms with van der Waals surface area (Å²) in [6.07, 6.45) is 5.61. The smallest absolute Gasteiger partial charge is 0.228 e. The van der Waals surface area contributed by atoms with Crippen molar-refractivity contribution >= 4 is 57.1 Å². The molecule has 0 aliphatic carbocycles. The topological polar surface area (TPSA) is 69.8 Å². The predicted octanol–water partition coefficient (Wildman–Crippen LogP) is 7.46. The van der Waals surface area contributed by atoms with Crippen molar-refractivity contribution in [1.82, 2.24) is 9.97 Å². The molecule has 2 heterocycles. The van der Waals surface area contributed by atoms with Crippen LogP contribution < -0.4 is 10.6 Å². The molecule has 168 valence electrons. The van der Waals surface area contributed by atoms with Gasteiger partial charge in [0.15, 0.2) is 0 Å². The number of para-hydroxylation sites is 1. The quantitative estimate of drug-likeness (QED) is 0.233. The molecule has 0 aliphatic heterocycles. The molecule has 5 rings (SSSR count). The van der Waals surface area contributed by atoms with Crippen molar-refractivity contribution in [3.63, 3.8) is 0 Å². The highest BCUT2D eigenvalue weighted by molar-refractivity contribution is 6.42. The highest BCUT2D eigenvalue weighted by atomic mass is 35.5. The molecule has 0 aliphatic rings. The number of halogens is 2. The number of anilines is 3. The molecule has 34 heavy (non-hydrogen) atoms. The lowest BCUT2D eigenvalue weighted by molar-refractivity contribution is -0.115. The molecular weight excluding hydrogens is 467 g/mol. The molecule has 0 spiro atoms. The van der Waals surface area contributed by atoms with Gasteiger partial charge in [-0.25, -0.2) is 0 Å². The van der Waals surface area contributed by atoms with Crippen LogP contribution in [0, 0.1) is 0 Å². The molecular formula is C27H20Cl2N4O. The van der Waals surface area contributed by atoms with Gasteiger partial charge in [0, 0.05) is 40.2 Å². The number of hydrogen-bond donors (Lipinski definition) is 3. The minimum atomic E-state index is -0.0992. The number of fused-ring (bicyclic) bond motifs is 1. The van der Waals surface area contributed by atoms with Crippen molar-refractivity contribution < 1.29 is 4.79 Å². The van der Waals surface area contributed by atoms with E-state index in [9.17, 15) is 4.79 Å². The van der Waals surface area contributed by atoms with Gasteiger partial charge in [-0.15, -0.1) is 0 Å². The third-order valence-corrected chi connectivity index (χ3v) is 6.24. The molecule has 7 heteroatoms. The van der Waals surface area contributed by atoms with Crippen LogP contribution in [0.25, 0.3) is 22.0 Å². The van der Waals surface area contributed by atoms with Gasteiger partial charge in [0.1, 0.15) is 0 Å². The van der Waals surface area contributed by atoms with Gasteiger partial charge in [0.05, 0.1) is 28.4 Å². The van der Waals surface area contributed by atoms with Crippen LogP contribution in [-0.4, -0.2) is 15.9 Å². The van der Waals surface area contributed by atoms with E-state index in [4.69, 9.17) is 23.2 Å². The number of rotatable bonds is 6. The normalized spacial score (nSPS) is 10.9. The number of nitrogens with one attached hydrogen (secondary N) is 3. The average Bonchev–Trinajstić information content (AvgIpc) is 3.25. The first-order valence-electron chi connectivity index (χ1n) is 10.7. The lowest BCUT2D eigenvalue weighted by atomic mass is 10.0. The molecule has 0 unspecified atom stereocenters. The van der Waals surface area contributed by atoms with E-state index in [0.29, 0.717) is 15.7 Å². The second-order valence-corrected chi connectivity index (χ2v) is 8.65. The number of benzene rings is 3. The predicted molar refractivity (Wildman–Crippen MR) is 140 cm³/mol. The van der Waals surface area contributed by atoms with Gasteiger partial charge in [-0.2, -0.15) is 0 Å². The van der Waals surface area contributed by atoms with Crippen LogP contribution in [0.1, 0.15) is 5.56 Å². The van der Waals surface area contributed by atoms with E-state index in [1.807, 2.05) is 72.9 Å². The summed E-state index contributed by atoms with van der Waals surface area (Å²) < 4.78 is 0. The Labute approximate surface area is 206 Å². The zero-order chi connectivity index (χ0) is 23.5. The fraction of sp³-hybridized carbons (Fsp3) is 0.0370. The van der Waals surface area contributed by atoms with E-state index in [2.05, 4.69) is 20.6 Å². The Balaban J connectivity index is 1.44. The first kappa shape index (κ1) is 22.0. The van der Waals surface area contributed by atoms with E-state index in [1.165, 1.54) is 0 Å². The Bertz CT molecular complexity index is 1480. The van der Waals surface area contributed by atoms with E-state index in [-0.39, 0.29) is 12.3 Å². The van der Waals surface area contributed by atoms with Crippen molar-refractivity contribution in [3.05, 3.63) is 107 Å². The molecule has 3 N–H and O–H groups in total. The monoisotopic (exact) mass is 486 g/mol. The molecule has 0 atom stereocenters. The Hall–Kier alpha value is -3.80. The molecule has 2 aromatic heterocycles. The van der Waals surface area contributed by atoms with Crippen LogP contribution in [0.2, 0.25) is 10.0 Å². The van der Waals surface area contributed by atoms with Crippen molar-refractivity contribution in [2.45, 2.75) is 6.42 Å². The maximum absolute atomic E-state index is 12.9. The maximum Gasteiger partial charge on any atom is 0.228 e. The molecule has 5 nitrogen and oxygen atoms in total. The minimum absolute atomic E-state index is 0.0992. The van der Waals surface area contributed by atoms with Crippen LogP contribution in [0.4, 0.5) is 17.1 Å². The number of H-pyrrole nitrogens is 1. The van der Waals surface area contributed by atoms with Crippen molar-refractivity contribution in [2.75, 3.05) is 10.6 Å². The van der Waals surface area contributed by atoms with E-state index in [0.717, 1.165) is 39.0 Å². The summed E-state index contributed by atoms with van der Waals surface area (Å²) in [6.45, 7) is 0. The van der Waals surface area contributed by atoms with E-state index >= 15 is 0 Å². The van der Waals surface area contributed by atoms with Gasteiger partial charge >= 0.3 is 0 Å². The molecule has 3 aromatic carbocycles. The summed E-state index contributed by atoms with van der Waals surface area (Å²) in [5, 5.41) is 8.39. The first-order valence-corrected chi connectivity index (χ1v) is 11.4. The zero-order valence-electron chi connectivity index (χ0n) is 18.0. The highest BCUT2D eigenvalue weighted by Gasteiger charge is 2.13. The average molecular weight is 487 g/mol. The zero-order valence-corrected chi connectivity index (χ0v) is 19.5. The summed E-state index contributed by atoms with van der Waals surface area (Å²) in [7, 11) is 0. The second kappa shape index (κ2) is 9.59. The number of carbonyl (C=O) groups is 1. The first-order chi connectivity index (χ1) is 16.6. The minimum Gasteiger partial charge on any atom is -0.361 e. The van der Waals surface area contributed by atoms with Gasteiger partial charge in [-0.1, -0.05) is 47.5 Å². The van der Waals surface area contributed by atoms with Gasteiger partial charge in [0.25, 0.3) is 0 Å². The summed E-state index contributed by atoms with van der Waals surface area (Å²) in [5.74, 6) is -0.0992. The van der Waals surface area contributed by atoms with Crippen LogP contribution >= 0.6 is 23.2 Å². The second-order valence-electron chi connectivity index (χ2n) is 7.84. The maximum atomic E-state index is 12.9. The molecule has 0 radical (unpaired) electrons. The molecule has 1 amide bonds. The Kier molecular flexibility index (Phi) is 6.21. The van der Waals surface area contributed by atoms with Crippen molar-refractivity contribution in [3.8, 4) is 11.1 Å². The number of amides is 1. The van der Waals surface area contributed by atoms with Gasteiger partial charge in [-0.3, -0.25) is 9.78 Å². The number of carbonyl (C=O) groups excluding carboxylic acids is 1. The summed E-state index contributed by atoms with van der Waals surface area (Å²) in [5.41, 5.74) is 6.08. The van der Waals surface area contributed by atoms with Gasteiger partial charge < -0.3 is 15.6 Å². The summed E-state index contributed by atoms with van der Waals surface area (Å²) in [6, 6.07) is 22.9. The molecule has 0 saturated heterocycles. The molecule has 0 bridgehead atoms. The van der Waals surface area contributed by atoms with Crippen LogP contribution in [-0.2, 0) is 11.2 Å². The third-order valence-electron chi connectivity index (χ3n) is 5.50. The number of pyridine rings is 1. The standard InChI is InChI=1S/C27H20Cl2N4O/c28-23-9-7-17(12-24(23)29)22-14-19(8-10-26(22)32-20-4-3-11-30-16-20)33-27(34)13-18-15-31-25-6-2-1-5-21(18)25/h1-12,14-16,31-32H,13H2,(H,33,34). The van der Waals surface area contributed by atoms with E-state index in [1.54, 1.807) is 18.5 Å². The Morgan fingerprint density at radius 1 is 0.912 bits per heavy atom. The lowest BCUT2D eigenvalue weighted by Crippen LogP contribution is -2.14. The summed E-state index contributed by atoms with van der Waals surface area (Å²) in [4.78, 5) is 20.2. The molecule has 0 fully saturated rings. The fourth-order valence-corrected chi connectivity index (χ4v) is 4.18. The van der Waals surface area contributed by atoms with Crippen molar-refractivity contribution in [2.24, 2.45) is 0 Å². The molecule has 5 aromatic rings. The highest BCUT2D eigenvalue weighted by Crippen LogP contribution is 2.36. The largest absolute Gasteiger partial charge is 0.361 e. The number of nitrogens with zero attached hydrogens (tertiary/aromatic N) is 1. The van der Waals surface area contributed by atoms with Gasteiger partial charge in [0.2, 0.25) is 5.91 Å². The molecule has 0 saturated carbocycles. The number of aromatic nitrogens is 2. The Morgan fingerprint density at radius 2 is 1.79 bits per heavy atom. The number of aromatic amines is 1.